The number of thioether (sulfide) groups is 1. The van der Waals surface area contributed by atoms with Gasteiger partial charge in [-0.05, 0) is 0 Å². The number of carboxylic acids is 1. The van der Waals surface area contributed by atoms with E-state index in [1.54, 1.807) is 12.8 Å². The Morgan fingerprint density at radius 3 is 2.93 bits per heavy atom. The fraction of sp³-hybridized carbons (Fsp3) is 0.625. The van der Waals surface area contributed by atoms with Crippen molar-refractivity contribution in [3.63, 3.8) is 0 Å². The highest BCUT2D eigenvalue weighted by Gasteiger charge is 2.36. The first-order valence-electron chi connectivity index (χ1n) is 4.18. The zero-order valence-electron chi connectivity index (χ0n) is 7.71. The number of aliphatic carboxylic acids is 1. The van der Waals surface area contributed by atoms with Gasteiger partial charge in [-0.1, -0.05) is 6.92 Å². The second-order valence-corrected chi connectivity index (χ2v) is 4.36. The molecule has 2 atom stereocenters. The Bertz CT molecular complexity index is 247. The van der Waals surface area contributed by atoms with Gasteiger partial charge in [-0.3, -0.25) is 4.79 Å². The third kappa shape index (κ3) is 2.36. The van der Waals surface area contributed by atoms with E-state index >= 15 is 0 Å². The standard InChI is InChI=1S/C8H12NO3S2/c1-5(2-13)7(10)9-4-14-3-6(9)8(11)12/h4-6,13H,2-3H2,1H3,(H,11,12). The molecule has 1 fully saturated rings. The summed E-state index contributed by atoms with van der Waals surface area (Å²) in [4.78, 5) is 23.7. The van der Waals surface area contributed by atoms with E-state index in [4.69, 9.17) is 5.11 Å². The molecule has 4 nitrogen and oxygen atoms in total. The summed E-state index contributed by atoms with van der Waals surface area (Å²) in [6.07, 6.45) is 0. The van der Waals surface area contributed by atoms with Crippen LogP contribution in [0.25, 0.3) is 0 Å². The molecule has 0 bridgehead atoms. The Morgan fingerprint density at radius 2 is 2.43 bits per heavy atom. The fourth-order valence-electron chi connectivity index (χ4n) is 1.10. The molecule has 79 valence electrons. The molecule has 1 amide bonds. The lowest BCUT2D eigenvalue weighted by molar-refractivity contribution is -0.147. The van der Waals surface area contributed by atoms with E-state index in [1.807, 2.05) is 0 Å². The second kappa shape index (κ2) is 4.93. The summed E-state index contributed by atoms with van der Waals surface area (Å²) in [6.45, 7) is 1.74. The summed E-state index contributed by atoms with van der Waals surface area (Å²) in [5.74, 6) is 1.08. The van der Waals surface area contributed by atoms with E-state index in [0.29, 0.717) is 11.5 Å². The van der Waals surface area contributed by atoms with Crippen molar-refractivity contribution >= 4 is 36.3 Å². The third-order valence-corrected chi connectivity index (χ3v) is 3.45. The van der Waals surface area contributed by atoms with Crippen LogP contribution in [0.3, 0.4) is 0 Å². The molecule has 1 aliphatic heterocycles. The van der Waals surface area contributed by atoms with Gasteiger partial charge in [-0.15, -0.1) is 11.8 Å². The molecule has 14 heavy (non-hydrogen) atoms. The molecular weight excluding hydrogens is 222 g/mol. The van der Waals surface area contributed by atoms with Crippen molar-refractivity contribution in [2.75, 3.05) is 11.5 Å². The fourth-order valence-corrected chi connectivity index (χ4v) is 2.24. The van der Waals surface area contributed by atoms with E-state index in [0.717, 1.165) is 0 Å². The molecule has 0 spiro atoms. The predicted octanol–water partition coefficient (Wildman–Crippen LogP) is 0.700. The topological polar surface area (TPSA) is 57.6 Å². The minimum Gasteiger partial charge on any atom is -0.480 e. The van der Waals surface area contributed by atoms with Crippen LogP contribution in [-0.4, -0.2) is 39.4 Å². The second-order valence-electron chi connectivity index (χ2n) is 3.12. The summed E-state index contributed by atoms with van der Waals surface area (Å²) in [7, 11) is 0. The number of hydrogen-bond donors (Lipinski definition) is 2. The lowest BCUT2D eigenvalue weighted by Gasteiger charge is -2.22. The molecule has 1 saturated heterocycles. The Morgan fingerprint density at radius 1 is 1.79 bits per heavy atom. The summed E-state index contributed by atoms with van der Waals surface area (Å²) in [5.41, 5.74) is 0. The van der Waals surface area contributed by atoms with Crippen molar-refractivity contribution in [3.05, 3.63) is 5.88 Å². The van der Waals surface area contributed by atoms with Gasteiger partial charge in [0, 0.05) is 17.4 Å². The van der Waals surface area contributed by atoms with Gasteiger partial charge in [0.05, 0.1) is 0 Å². The van der Waals surface area contributed by atoms with Crippen LogP contribution in [0.2, 0.25) is 0 Å². The molecule has 0 aromatic carbocycles. The van der Waals surface area contributed by atoms with Gasteiger partial charge < -0.3 is 10.0 Å². The highest BCUT2D eigenvalue weighted by atomic mass is 32.2. The number of thiol groups is 1. The SMILES string of the molecule is CC(CS)C(=O)N1[CH]SCC1C(=O)O. The Kier molecular flexibility index (Phi) is 4.12. The van der Waals surface area contributed by atoms with Crippen molar-refractivity contribution in [1.29, 1.82) is 0 Å². The molecule has 1 aliphatic rings. The molecule has 1 rings (SSSR count). The summed E-state index contributed by atoms with van der Waals surface area (Å²) >= 11 is 5.36. The number of carbonyl (C=O) groups excluding carboxylic acids is 1. The van der Waals surface area contributed by atoms with E-state index < -0.39 is 12.0 Å². The molecular formula is C8H12NO3S2. The molecule has 2 unspecified atom stereocenters. The van der Waals surface area contributed by atoms with Crippen LogP contribution in [0.5, 0.6) is 0 Å². The quantitative estimate of drug-likeness (QED) is 0.706. The van der Waals surface area contributed by atoms with Crippen LogP contribution >= 0.6 is 24.4 Å². The molecule has 6 heteroatoms. The van der Waals surface area contributed by atoms with Crippen LogP contribution in [0.1, 0.15) is 6.92 Å². The highest BCUT2D eigenvalue weighted by Crippen LogP contribution is 2.27. The van der Waals surface area contributed by atoms with E-state index in [2.05, 4.69) is 12.6 Å². The largest absolute Gasteiger partial charge is 0.480 e. The maximum absolute atomic E-state index is 11.7. The van der Waals surface area contributed by atoms with Crippen LogP contribution in [0.4, 0.5) is 0 Å². The number of rotatable bonds is 3. The zero-order valence-corrected chi connectivity index (χ0v) is 9.42. The zero-order chi connectivity index (χ0) is 10.7. The van der Waals surface area contributed by atoms with Crippen LogP contribution in [-0.2, 0) is 9.59 Å². The van der Waals surface area contributed by atoms with Crippen molar-refractivity contribution in [2.45, 2.75) is 13.0 Å². The van der Waals surface area contributed by atoms with Crippen LogP contribution in [0.15, 0.2) is 0 Å². The first-order valence-corrected chi connectivity index (χ1v) is 5.86. The number of carbonyl (C=O) groups is 2. The average molecular weight is 234 g/mol. The molecule has 0 aromatic heterocycles. The molecule has 1 heterocycles. The van der Waals surface area contributed by atoms with E-state index in [-0.39, 0.29) is 11.8 Å². The summed E-state index contributed by atoms with van der Waals surface area (Å²) < 4.78 is 0. The predicted molar refractivity (Wildman–Crippen MR) is 58.0 cm³/mol. The van der Waals surface area contributed by atoms with Gasteiger partial charge in [0.2, 0.25) is 5.91 Å². The number of nitrogens with zero attached hydrogens (tertiary/aromatic N) is 1. The maximum Gasteiger partial charge on any atom is 0.327 e. The molecule has 1 radical (unpaired) electrons. The third-order valence-electron chi connectivity index (χ3n) is 2.01. The van der Waals surface area contributed by atoms with Gasteiger partial charge >= 0.3 is 5.97 Å². The first kappa shape index (κ1) is 11.7. The van der Waals surface area contributed by atoms with E-state index in [9.17, 15) is 9.59 Å². The van der Waals surface area contributed by atoms with Crippen molar-refractivity contribution < 1.29 is 14.7 Å². The minimum atomic E-state index is -0.953. The number of carboxylic acid groups (broad SMARTS) is 1. The first-order chi connectivity index (χ1) is 6.57. The Balaban J connectivity index is 2.67. The van der Waals surface area contributed by atoms with Crippen molar-refractivity contribution in [2.24, 2.45) is 5.92 Å². The maximum atomic E-state index is 11.7. The van der Waals surface area contributed by atoms with Gasteiger partial charge in [-0.25, -0.2) is 4.79 Å². The highest BCUT2D eigenvalue weighted by molar-refractivity contribution is 8.01. The van der Waals surface area contributed by atoms with Gasteiger partial charge in [0.25, 0.3) is 0 Å². The molecule has 1 N–H and O–H groups in total. The smallest absolute Gasteiger partial charge is 0.327 e. The lowest BCUT2D eigenvalue weighted by Crippen LogP contribution is -2.43. The van der Waals surface area contributed by atoms with Crippen molar-refractivity contribution in [3.8, 4) is 0 Å². The van der Waals surface area contributed by atoms with Crippen LogP contribution < -0.4 is 0 Å². The Labute approximate surface area is 92.4 Å². The lowest BCUT2D eigenvalue weighted by atomic mass is 10.1. The normalized spacial score (nSPS) is 23.6. The number of amides is 1. The minimum absolute atomic E-state index is 0.169. The molecule has 0 aromatic rings. The summed E-state index contributed by atoms with van der Waals surface area (Å²) in [6, 6.07) is -0.713. The van der Waals surface area contributed by atoms with Gasteiger partial charge in [0.1, 0.15) is 11.9 Å². The van der Waals surface area contributed by atoms with Gasteiger partial charge in [0.15, 0.2) is 0 Å². The monoisotopic (exact) mass is 234 g/mol. The Hall–Kier alpha value is -0.360. The summed E-state index contributed by atoms with van der Waals surface area (Å²) in [5, 5.41) is 8.84. The van der Waals surface area contributed by atoms with Crippen molar-refractivity contribution in [1.82, 2.24) is 4.90 Å². The van der Waals surface area contributed by atoms with E-state index in [1.165, 1.54) is 16.7 Å². The average Bonchev–Trinajstić information content (AvgIpc) is 2.63. The van der Waals surface area contributed by atoms with Crippen LogP contribution in [0, 0.1) is 11.8 Å². The number of hydrogen-bond acceptors (Lipinski definition) is 4. The molecule has 0 aliphatic carbocycles. The molecule has 0 saturated carbocycles. The van der Waals surface area contributed by atoms with Gasteiger partial charge in [-0.2, -0.15) is 12.6 Å².